The van der Waals surface area contributed by atoms with E-state index in [9.17, 15) is 18.0 Å². The van der Waals surface area contributed by atoms with E-state index in [1.54, 1.807) is 31.2 Å². The van der Waals surface area contributed by atoms with Crippen molar-refractivity contribution in [2.45, 2.75) is 13.1 Å². The summed E-state index contributed by atoms with van der Waals surface area (Å²) in [5.74, 6) is 0.243. The van der Waals surface area contributed by atoms with Gasteiger partial charge in [-0.1, -0.05) is 40.3 Å². The van der Waals surface area contributed by atoms with E-state index in [0.717, 1.165) is 17.0 Å². The predicted molar refractivity (Wildman–Crippen MR) is 107 cm³/mol. The molecule has 0 radical (unpaired) electrons. The highest BCUT2D eigenvalue weighted by Gasteiger charge is 2.31. The largest absolute Gasteiger partial charge is 0.419 e. The molecule has 0 heterocycles. The summed E-state index contributed by atoms with van der Waals surface area (Å²) in [5, 5.41) is 3.29. The third-order valence-corrected chi connectivity index (χ3v) is 3.83. The van der Waals surface area contributed by atoms with Crippen LogP contribution >= 0.6 is 28.1 Å². The number of hydrogen-bond acceptors (Lipinski definition) is 3. The summed E-state index contributed by atoms with van der Waals surface area (Å²) in [6.45, 7) is 1.84. The normalized spacial score (nSPS) is 11.0. The van der Waals surface area contributed by atoms with Crippen molar-refractivity contribution in [1.82, 2.24) is 0 Å². The maximum atomic E-state index is 13.0. The molecule has 1 amide bonds. The monoisotopic (exact) mass is 460 g/mol. The number of hydrogen-bond donors (Lipinski definition) is 1. The Labute approximate surface area is 168 Å². The second-order valence-electron chi connectivity index (χ2n) is 5.47. The van der Waals surface area contributed by atoms with Crippen molar-refractivity contribution in [2.75, 3.05) is 22.1 Å². The summed E-state index contributed by atoms with van der Waals surface area (Å²) in [7, 11) is 0. The van der Waals surface area contributed by atoms with Crippen LogP contribution in [0.1, 0.15) is 12.5 Å². The van der Waals surface area contributed by atoms with Gasteiger partial charge in [-0.15, -0.1) is 0 Å². The maximum absolute atomic E-state index is 13.0. The molecule has 0 bridgehead atoms. The summed E-state index contributed by atoms with van der Waals surface area (Å²) in [6.07, 6.45) is -5.29. The van der Waals surface area contributed by atoms with Crippen LogP contribution in [0.5, 0.6) is 5.75 Å². The van der Waals surface area contributed by atoms with E-state index in [1.165, 1.54) is 12.1 Å². The number of thiocarbonyl (C=S) groups is 1. The van der Waals surface area contributed by atoms with E-state index in [4.69, 9.17) is 17.0 Å². The van der Waals surface area contributed by atoms with Crippen LogP contribution < -0.4 is 15.0 Å². The van der Waals surface area contributed by atoms with Crippen LogP contribution in [0.3, 0.4) is 0 Å². The minimum absolute atomic E-state index is 0.0956. The molecule has 0 aliphatic carbocycles. The lowest BCUT2D eigenvalue weighted by atomic mass is 10.2. The van der Waals surface area contributed by atoms with Crippen molar-refractivity contribution in [3.63, 3.8) is 0 Å². The molecule has 4 nitrogen and oxygen atoms in total. The fourth-order valence-corrected chi connectivity index (χ4v) is 2.73. The van der Waals surface area contributed by atoms with Crippen molar-refractivity contribution in [2.24, 2.45) is 0 Å². The number of amides is 1. The molecule has 0 unspecified atom stereocenters. The van der Waals surface area contributed by atoms with Crippen LogP contribution in [0.4, 0.5) is 29.3 Å². The van der Waals surface area contributed by atoms with Crippen molar-refractivity contribution in [1.29, 1.82) is 0 Å². The van der Waals surface area contributed by atoms with E-state index in [-0.39, 0.29) is 18.0 Å². The van der Waals surface area contributed by atoms with Crippen LogP contribution in [0.25, 0.3) is 0 Å². The molecular weight excluding hydrogens is 445 g/mol. The Hall–Kier alpha value is -2.13. The molecule has 0 atom stereocenters. The zero-order valence-corrected chi connectivity index (χ0v) is 16.6. The number of rotatable bonds is 5. The highest BCUT2D eigenvalue weighted by Crippen LogP contribution is 2.32. The number of carbonyl (C=O) groups excluding carboxylic acids is 1. The van der Waals surface area contributed by atoms with E-state index in [1.807, 2.05) is 0 Å². The Morgan fingerprint density at radius 2 is 1.93 bits per heavy atom. The molecule has 0 aromatic heterocycles. The fourth-order valence-electron chi connectivity index (χ4n) is 2.26. The molecule has 144 valence electrons. The number of anilines is 2. The molecule has 2 aromatic rings. The van der Waals surface area contributed by atoms with Gasteiger partial charge in [0.1, 0.15) is 5.75 Å². The average Bonchev–Trinajstić information content (AvgIpc) is 2.58. The molecule has 0 aliphatic rings. The Bertz CT molecular complexity index is 830. The quantitative estimate of drug-likeness (QED) is 0.447. The first-order chi connectivity index (χ1) is 12.7. The minimum atomic E-state index is -4.50. The second kappa shape index (κ2) is 9.18. The van der Waals surface area contributed by atoms with Crippen molar-refractivity contribution < 1.29 is 22.7 Å². The minimum Gasteiger partial charge on any atom is -0.410 e. The summed E-state index contributed by atoms with van der Waals surface area (Å²) in [6, 6.07) is 11.1. The number of carbonyl (C=O) groups is 1. The Balaban J connectivity index is 2.24. The van der Waals surface area contributed by atoms with E-state index in [2.05, 4.69) is 21.2 Å². The second-order valence-corrected chi connectivity index (χ2v) is 6.87. The Kier molecular flexibility index (Phi) is 7.20. The number of benzene rings is 2. The molecule has 1 N–H and O–H groups in total. The van der Waals surface area contributed by atoms with Crippen LogP contribution in [0.2, 0.25) is 0 Å². The topological polar surface area (TPSA) is 41.6 Å². The summed E-state index contributed by atoms with van der Waals surface area (Å²) >= 11 is 8.17. The lowest BCUT2D eigenvalue weighted by molar-refractivity contribution is -0.137. The van der Waals surface area contributed by atoms with Gasteiger partial charge in [-0.25, -0.2) is 4.79 Å². The van der Waals surface area contributed by atoms with E-state index < -0.39 is 17.8 Å². The average molecular weight is 461 g/mol. The van der Waals surface area contributed by atoms with Gasteiger partial charge in [-0.3, -0.25) is 4.90 Å². The number of nitrogens with zero attached hydrogens (tertiary/aromatic N) is 1. The first kappa shape index (κ1) is 21.2. The van der Waals surface area contributed by atoms with E-state index >= 15 is 0 Å². The lowest BCUT2D eigenvalue weighted by Gasteiger charge is -2.22. The number of halogens is 4. The first-order valence-electron chi connectivity index (χ1n) is 7.81. The number of nitrogens with one attached hydrogen (secondary N) is 1. The van der Waals surface area contributed by atoms with Gasteiger partial charge in [0.05, 0.1) is 10.6 Å². The molecule has 0 saturated carbocycles. The van der Waals surface area contributed by atoms with Crippen molar-refractivity contribution >= 4 is 50.6 Å². The number of ether oxygens (including phenoxy) is 1. The SMILES string of the molecule is CC(=S)Nc1cccc(OC(=O)N(CCBr)c2cccc(C(F)(F)F)c2)c1. The summed E-state index contributed by atoms with van der Waals surface area (Å²) in [4.78, 5) is 14.2. The van der Waals surface area contributed by atoms with Gasteiger partial charge < -0.3 is 10.1 Å². The number of alkyl halides is 4. The van der Waals surface area contributed by atoms with Crippen molar-refractivity contribution in [3.05, 3.63) is 54.1 Å². The molecule has 27 heavy (non-hydrogen) atoms. The predicted octanol–water partition coefficient (Wildman–Crippen LogP) is 5.86. The third kappa shape index (κ3) is 6.21. The first-order valence-corrected chi connectivity index (χ1v) is 9.34. The van der Waals surface area contributed by atoms with Gasteiger partial charge in [0.2, 0.25) is 0 Å². The molecule has 0 saturated heterocycles. The Morgan fingerprint density at radius 3 is 2.56 bits per heavy atom. The van der Waals surface area contributed by atoms with Gasteiger partial charge >= 0.3 is 12.3 Å². The van der Waals surface area contributed by atoms with Crippen molar-refractivity contribution in [3.8, 4) is 5.75 Å². The van der Waals surface area contributed by atoms with Gasteiger partial charge in [-0.05, 0) is 37.3 Å². The van der Waals surface area contributed by atoms with Gasteiger partial charge in [0.15, 0.2) is 0 Å². The lowest BCUT2D eigenvalue weighted by Crippen LogP contribution is -2.35. The highest BCUT2D eigenvalue weighted by molar-refractivity contribution is 9.09. The standard InChI is InChI=1S/C18H16BrF3N2O2S/c1-12(27)23-14-5-3-7-16(11-14)26-17(25)24(9-8-19)15-6-2-4-13(10-15)18(20,21)22/h2-7,10-11H,8-9H2,1H3,(H,23,27). The summed E-state index contributed by atoms with van der Waals surface area (Å²) in [5.41, 5.74) is -0.104. The zero-order chi connectivity index (χ0) is 20.0. The van der Waals surface area contributed by atoms with Gasteiger partial charge in [0, 0.05) is 29.3 Å². The van der Waals surface area contributed by atoms with Gasteiger partial charge in [0.25, 0.3) is 0 Å². The maximum Gasteiger partial charge on any atom is 0.419 e. The van der Waals surface area contributed by atoms with Crippen LogP contribution in [0, 0.1) is 0 Å². The molecule has 2 rings (SSSR count). The van der Waals surface area contributed by atoms with Crippen LogP contribution in [-0.4, -0.2) is 23.0 Å². The molecule has 2 aromatic carbocycles. The van der Waals surface area contributed by atoms with Crippen LogP contribution in [-0.2, 0) is 6.18 Å². The zero-order valence-electron chi connectivity index (χ0n) is 14.2. The van der Waals surface area contributed by atoms with E-state index in [0.29, 0.717) is 16.0 Å². The molecule has 0 fully saturated rings. The highest BCUT2D eigenvalue weighted by atomic mass is 79.9. The molecular formula is C18H16BrF3N2O2S. The van der Waals surface area contributed by atoms with Crippen LogP contribution in [0.15, 0.2) is 48.5 Å². The smallest absolute Gasteiger partial charge is 0.410 e. The van der Waals surface area contributed by atoms with Gasteiger partial charge in [-0.2, -0.15) is 13.2 Å². The Morgan fingerprint density at radius 1 is 1.22 bits per heavy atom. The summed E-state index contributed by atoms with van der Waals surface area (Å²) < 4.78 is 44.2. The molecule has 0 aliphatic heterocycles. The molecule has 0 spiro atoms. The third-order valence-electron chi connectivity index (χ3n) is 3.37. The fraction of sp³-hybridized carbons (Fsp3) is 0.222. The molecule has 9 heteroatoms.